The smallest absolute Gasteiger partial charge is 0.373 e. The lowest BCUT2D eigenvalue weighted by Crippen LogP contribution is -2.37. The molecule has 0 spiro atoms. The van der Waals surface area contributed by atoms with Crippen molar-refractivity contribution in [3.05, 3.63) is 0 Å². The monoisotopic (exact) mass is 187 g/mol. The van der Waals surface area contributed by atoms with E-state index in [2.05, 4.69) is 0 Å². The first kappa shape index (κ1) is 11.6. The molecular formula is C8H13NO4. The van der Waals surface area contributed by atoms with E-state index in [4.69, 9.17) is 5.11 Å². The van der Waals surface area contributed by atoms with Crippen LogP contribution in [0.1, 0.15) is 13.3 Å². The van der Waals surface area contributed by atoms with E-state index in [1.165, 1.54) is 19.0 Å². The number of ketones is 1. The zero-order valence-electron chi connectivity index (χ0n) is 7.90. The van der Waals surface area contributed by atoms with E-state index in [9.17, 15) is 14.4 Å². The minimum absolute atomic E-state index is 0.210. The Morgan fingerprint density at radius 1 is 1.31 bits per heavy atom. The van der Waals surface area contributed by atoms with Crippen LogP contribution in [0.25, 0.3) is 0 Å². The molecule has 0 saturated carbocycles. The summed E-state index contributed by atoms with van der Waals surface area (Å²) in [6, 6.07) is 0. The summed E-state index contributed by atoms with van der Waals surface area (Å²) >= 11 is 0. The molecule has 0 bridgehead atoms. The number of aliphatic carboxylic acids is 1. The van der Waals surface area contributed by atoms with Crippen LogP contribution in [0.5, 0.6) is 0 Å². The van der Waals surface area contributed by atoms with Gasteiger partial charge in [-0.1, -0.05) is 6.92 Å². The van der Waals surface area contributed by atoms with Gasteiger partial charge in [-0.15, -0.1) is 0 Å². The van der Waals surface area contributed by atoms with Crippen molar-refractivity contribution in [1.29, 1.82) is 0 Å². The quantitative estimate of drug-likeness (QED) is 0.486. The minimum Gasteiger partial charge on any atom is -0.475 e. The second kappa shape index (κ2) is 4.59. The molecule has 74 valence electrons. The summed E-state index contributed by atoms with van der Waals surface area (Å²) in [6.45, 7) is 1.60. The topological polar surface area (TPSA) is 74.7 Å². The number of carbonyl (C=O) groups is 3. The van der Waals surface area contributed by atoms with E-state index in [0.717, 1.165) is 0 Å². The molecule has 0 aliphatic heterocycles. The molecule has 0 heterocycles. The molecule has 0 radical (unpaired) electrons. The molecule has 0 aromatic heterocycles. The van der Waals surface area contributed by atoms with Crippen LogP contribution < -0.4 is 0 Å². The molecule has 0 aromatic rings. The first-order valence-corrected chi connectivity index (χ1v) is 3.90. The Morgan fingerprint density at radius 2 is 1.77 bits per heavy atom. The van der Waals surface area contributed by atoms with Crippen molar-refractivity contribution < 1.29 is 19.5 Å². The highest BCUT2D eigenvalue weighted by molar-refractivity contribution is 6.37. The number of rotatable bonds is 4. The maximum atomic E-state index is 11.3. The Hall–Kier alpha value is -1.39. The first-order chi connectivity index (χ1) is 5.91. The molecule has 5 heteroatoms. The highest BCUT2D eigenvalue weighted by Gasteiger charge is 2.30. The van der Waals surface area contributed by atoms with Crippen molar-refractivity contribution in [2.24, 2.45) is 5.92 Å². The van der Waals surface area contributed by atoms with Crippen LogP contribution in [0.4, 0.5) is 0 Å². The summed E-state index contributed by atoms with van der Waals surface area (Å²) in [5.41, 5.74) is 0. The largest absolute Gasteiger partial charge is 0.475 e. The molecule has 0 saturated heterocycles. The van der Waals surface area contributed by atoms with Crippen molar-refractivity contribution in [2.45, 2.75) is 13.3 Å². The van der Waals surface area contributed by atoms with Gasteiger partial charge >= 0.3 is 5.97 Å². The Kier molecular flexibility index (Phi) is 4.10. The van der Waals surface area contributed by atoms with Gasteiger partial charge in [0.2, 0.25) is 5.91 Å². The molecule has 1 amide bonds. The highest BCUT2D eigenvalue weighted by atomic mass is 16.4. The van der Waals surface area contributed by atoms with Crippen molar-refractivity contribution in [3.63, 3.8) is 0 Å². The van der Waals surface area contributed by atoms with Crippen molar-refractivity contribution in [3.8, 4) is 0 Å². The van der Waals surface area contributed by atoms with Crippen molar-refractivity contribution in [1.82, 2.24) is 4.90 Å². The third kappa shape index (κ3) is 2.85. The molecule has 0 aliphatic carbocycles. The van der Waals surface area contributed by atoms with Gasteiger partial charge in [0.05, 0.1) is 0 Å². The maximum Gasteiger partial charge on any atom is 0.373 e. The van der Waals surface area contributed by atoms with Crippen LogP contribution in [-0.4, -0.2) is 41.8 Å². The number of carboxylic acids is 1. The van der Waals surface area contributed by atoms with E-state index in [1.54, 1.807) is 6.92 Å². The second-order valence-electron chi connectivity index (χ2n) is 2.86. The summed E-state index contributed by atoms with van der Waals surface area (Å²) < 4.78 is 0. The van der Waals surface area contributed by atoms with E-state index in [-0.39, 0.29) is 6.42 Å². The fourth-order valence-electron chi connectivity index (χ4n) is 0.933. The Labute approximate surface area is 76.3 Å². The molecule has 0 aliphatic rings. The average Bonchev–Trinajstić information content (AvgIpc) is 2.04. The Morgan fingerprint density at radius 3 is 2.00 bits per heavy atom. The van der Waals surface area contributed by atoms with Crippen LogP contribution >= 0.6 is 0 Å². The van der Waals surface area contributed by atoms with Crippen LogP contribution in [-0.2, 0) is 14.4 Å². The number of hydrogen-bond donors (Lipinski definition) is 1. The molecule has 0 aromatic carbocycles. The molecule has 1 N–H and O–H groups in total. The third-order valence-corrected chi connectivity index (χ3v) is 1.67. The van der Waals surface area contributed by atoms with Crippen LogP contribution in [0.15, 0.2) is 0 Å². The molecule has 13 heavy (non-hydrogen) atoms. The Bertz CT molecular complexity index is 234. The van der Waals surface area contributed by atoms with Gasteiger partial charge in [-0.3, -0.25) is 9.59 Å². The van der Waals surface area contributed by atoms with Crippen LogP contribution in [0.3, 0.4) is 0 Å². The van der Waals surface area contributed by atoms with E-state index in [0.29, 0.717) is 0 Å². The zero-order chi connectivity index (χ0) is 10.6. The van der Waals surface area contributed by atoms with Gasteiger partial charge in [-0.2, -0.15) is 0 Å². The Balaban J connectivity index is 4.61. The number of hydrogen-bond acceptors (Lipinski definition) is 3. The number of nitrogens with zero attached hydrogens (tertiary/aromatic N) is 1. The van der Waals surface area contributed by atoms with Crippen molar-refractivity contribution >= 4 is 17.7 Å². The van der Waals surface area contributed by atoms with Gasteiger partial charge in [0.15, 0.2) is 0 Å². The average molecular weight is 187 g/mol. The summed E-state index contributed by atoms with van der Waals surface area (Å²) in [5.74, 6) is -4.11. The fourth-order valence-corrected chi connectivity index (χ4v) is 0.933. The minimum atomic E-state index is -1.55. The molecule has 1 atom stereocenters. The van der Waals surface area contributed by atoms with Gasteiger partial charge in [0.25, 0.3) is 5.78 Å². The van der Waals surface area contributed by atoms with Gasteiger partial charge in [-0.05, 0) is 6.42 Å². The molecule has 1 unspecified atom stereocenters. The zero-order valence-corrected chi connectivity index (χ0v) is 7.90. The molecular weight excluding hydrogens is 174 g/mol. The van der Waals surface area contributed by atoms with Gasteiger partial charge in [0.1, 0.15) is 5.92 Å². The van der Waals surface area contributed by atoms with E-state index >= 15 is 0 Å². The second-order valence-corrected chi connectivity index (χ2v) is 2.86. The SMILES string of the molecule is CCC(C(=O)C(=O)O)C(=O)N(C)C. The predicted octanol–water partition coefficient (Wildman–Crippen LogP) is -0.245. The van der Waals surface area contributed by atoms with Crippen LogP contribution in [0.2, 0.25) is 0 Å². The third-order valence-electron chi connectivity index (χ3n) is 1.67. The number of Topliss-reactive ketones (excluding diaryl/α,β-unsaturated/α-hetero) is 1. The first-order valence-electron chi connectivity index (χ1n) is 3.90. The fraction of sp³-hybridized carbons (Fsp3) is 0.625. The van der Waals surface area contributed by atoms with Gasteiger partial charge < -0.3 is 10.0 Å². The van der Waals surface area contributed by atoms with Crippen LogP contribution in [0, 0.1) is 5.92 Å². The maximum absolute atomic E-state index is 11.3. The number of carboxylic acid groups (broad SMARTS) is 1. The standard InChI is InChI=1S/C8H13NO4/c1-4-5(6(10)8(12)13)7(11)9(2)3/h5H,4H2,1-3H3,(H,12,13). The summed E-state index contributed by atoms with van der Waals surface area (Å²) in [4.78, 5) is 33.8. The molecule has 5 nitrogen and oxygen atoms in total. The van der Waals surface area contributed by atoms with E-state index < -0.39 is 23.6 Å². The van der Waals surface area contributed by atoms with Gasteiger partial charge in [-0.25, -0.2) is 4.79 Å². The molecule has 0 rings (SSSR count). The summed E-state index contributed by atoms with van der Waals surface area (Å²) in [7, 11) is 2.97. The van der Waals surface area contributed by atoms with Gasteiger partial charge in [0, 0.05) is 14.1 Å². The highest BCUT2D eigenvalue weighted by Crippen LogP contribution is 2.07. The molecule has 0 fully saturated rings. The summed E-state index contributed by atoms with van der Waals surface area (Å²) in [5, 5.41) is 8.39. The number of amides is 1. The predicted molar refractivity (Wildman–Crippen MR) is 45.1 cm³/mol. The van der Waals surface area contributed by atoms with E-state index in [1.807, 2.05) is 0 Å². The lowest BCUT2D eigenvalue weighted by molar-refractivity contribution is -0.154. The summed E-state index contributed by atoms with van der Waals surface area (Å²) in [6.07, 6.45) is 0.210. The lowest BCUT2D eigenvalue weighted by Gasteiger charge is -2.16. The lowest BCUT2D eigenvalue weighted by atomic mass is 10.00. The van der Waals surface area contributed by atoms with Crippen molar-refractivity contribution in [2.75, 3.05) is 14.1 Å². The normalized spacial score (nSPS) is 11.9. The number of carbonyl (C=O) groups excluding carboxylic acids is 2.